The van der Waals surface area contributed by atoms with Gasteiger partial charge in [0.25, 0.3) is 0 Å². The maximum atomic E-state index is 12.8. The number of allylic oxidation sites excluding steroid dienone is 14. The highest BCUT2D eigenvalue weighted by atomic mass is 16.6. The lowest BCUT2D eigenvalue weighted by Gasteiger charge is -2.18. The van der Waals surface area contributed by atoms with Crippen LogP contribution in [0.15, 0.2) is 85.1 Å². The zero-order chi connectivity index (χ0) is 48.6. The van der Waals surface area contributed by atoms with Gasteiger partial charge in [0.2, 0.25) is 0 Å². The number of carbonyl (C=O) groups excluding carboxylic acids is 3. The van der Waals surface area contributed by atoms with Gasteiger partial charge in [-0.1, -0.05) is 215 Å². The summed E-state index contributed by atoms with van der Waals surface area (Å²) in [6.45, 7) is 6.48. The lowest BCUT2D eigenvalue weighted by atomic mass is 10.1. The van der Waals surface area contributed by atoms with E-state index >= 15 is 0 Å². The van der Waals surface area contributed by atoms with Crippen LogP contribution in [-0.4, -0.2) is 37.2 Å². The molecular formula is C61H104O6. The summed E-state index contributed by atoms with van der Waals surface area (Å²) < 4.78 is 16.8. The summed E-state index contributed by atoms with van der Waals surface area (Å²) in [7, 11) is 0. The van der Waals surface area contributed by atoms with E-state index in [2.05, 4.69) is 106 Å². The van der Waals surface area contributed by atoms with Crippen molar-refractivity contribution in [3.8, 4) is 0 Å². The number of unbranched alkanes of at least 4 members (excludes halogenated alkanes) is 25. The van der Waals surface area contributed by atoms with Gasteiger partial charge in [0.15, 0.2) is 6.10 Å². The molecule has 0 radical (unpaired) electrons. The second kappa shape index (κ2) is 55.2. The van der Waals surface area contributed by atoms with Gasteiger partial charge in [0.1, 0.15) is 13.2 Å². The van der Waals surface area contributed by atoms with Crippen molar-refractivity contribution in [1.82, 2.24) is 0 Å². The summed E-state index contributed by atoms with van der Waals surface area (Å²) in [5.74, 6) is -0.940. The van der Waals surface area contributed by atoms with Crippen molar-refractivity contribution in [2.75, 3.05) is 13.2 Å². The predicted octanol–water partition coefficient (Wildman–Crippen LogP) is 18.8. The molecule has 0 saturated carbocycles. The normalized spacial score (nSPS) is 12.7. The van der Waals surface area contributed by atoms with Crippen LogP contribution < -0.4 is 0 Å². The Morgan fingerprint density at radius 1 is 0.313 bits per heavy atom. The fourth-order valence-electron chi connectivity index (χ4n) is 7.63. The molecule has 0 heterocycles. The Morgan fingerprint density at radius 2 is 0.582 bits per heavy atom. The van der Waals surface area contributed by atoms with E-state index in [1.807, 2.05) is 0 Å². The molecular weight excluding hydrogens is 829 g/mol. The first-order valence-corrected chi connectivity index (χ1v) is 28.1. The van der Waals surface area contributed by atoms with Crippen LogP contribution in [0.4, 0.5) is 0 Å². The van der Waals surface area contributed by atoms with Crippen molar-refractivity contribution in [3.05, 3.63) is 85.1 Å². The van der Waals surface area contributed by atoms with Crippen LogP contribution in [0.5, 0.6) is 0 Å². The zero-order valence-corrected chi connectivity index (χ0v) is 43.9. The van der Waals surface area contributed by atoms with Crippen LogP contribution in [0.1, 0.15) is 265 Å². The summed E-state index contributed by atoms with van der Waals surface area (Å²) in [5, 5.41) is 0. The Labute approximate surface area is 414 Å². The molecule has 0 saturated heterocycles. The Hall–Kier alpha value is -3.41. The molecule has 0 aromatic carbocycles. The standard InChI is InChI=1S/C61H104O6/c1-4-7-10-13-16-19-22-25-28-29-30-31-34-36-39-42-45-48-51-54-60(63)66-57-58(67-61(64)55-52-49-46-43-40-37-33-27-24-21-18-15-12-9-6-3)56-65-59(62)53-50-47-44-41-38-35-32-26-23-20-17-14-11-8-5-2/h7,10,16,19,25-28,30-33,36,39,58H,4-6,8-9,11-15,17-18,20-24,29,34-35,37-38,40-57H2,1-3H3. The third-order valence-electron chi connectivity index (χ3n) is 11.9. The maximum Gasteiger partial charge on any atom is 0.306 e. The number of ether oxygens (including phenoxy) is 3. The minimum atomic E-state index is -0.798. The van der Waals surface area contributed by atoms with E-state index in [-0.39, 0.29) is 31.1 Å². The van der Waals surface area contributed by atoms with Crippen LogP contribution in [0.25, 0.3) is 0 Å². The molecule has 0 aromatic heterocycles. The number of esters is 3. The molecule has 0 bridgehead atoms. The molecule has 67 heavy (non-hydrogen) atoms. The highest BCUT2D eigenvalue weighted by Gasteiger charge is 2.19. The first-order valence-electron chi connectivity index (χ1n) is 28.1. The van der Waals surface area contributed by atoms with Gasteiger partial charge in [0, 0.05) is 19.3 Å². The van der Waals surface area contributed by atoms with Crippen molar-refractivity contribution in [1.29, 1.82) is 0 Å². The SMILES string of the molecule is CCC=CCC=CCC=CCC=CCC=CCCCCCC(=O)OCC(COC(=O)CCCCCCCC=CCCCCCCCC)OC(=O)CCCCCCCC=CCCCCCCCC. The van der Waals surface area contributed by atoms with Gasteiger partial charge in [0.05, 0.1) is 0 Å². The van der Waals surface area contributed by atoms with Gasteiger partial charge in [-0.15, -0.1) is 0 Å². The van der Waals surface area contributed by atoms with E-state index in [1.165, 1.54) is 109 Å². The molecule has 6 heteroatoms. The summed E-state index contributed by atoms with van der Waals surface area (Å²) in [6, 6.07) is 0. The van der Waals surface area contributed by atoms with Crippen molar-refractivity contribution >= 4 is 17.9 Å². The summed E-state index contributed by atoms with van der Waals surface area (Å²) in [5.41, 5.74) is 0. The van der Waals surface area contributed by atoms with Gasteiger partial charge >= 0.3 is 17.9 Å². The van der Waals surface area contributed by atoms with Crippen LogP contribution in [0.2, 0.25) is 0 Å². The molecule has 0 aliphatic carbocycles. The molecule has 0 N–H and O–H groups in total. The van der Waals surface area contributed by atoms with Crippen molar-refractivity contribution in [2.24, 2.45) is 0 Å². The smallest absolute Gasteiger partial charge is 0.306 e. The first-order chi connectivity index (χ1) is 33.0. The third-order valence-corrected chi connectivity index (χ3v) is 11.9. The summed E-state index contributed by atoms with van der Waals surface area (Å²) in [6.07, 6.45) is 71.4. The van der Waals surface area contributed by atoms with Gasteiger partial charge in [-0.2, -0.15) is 0 Å². The largest absolute Gasteiger partial charge is 0.462 e. The molecule has 0 aliphatic heterocycles. The third kappa shape index (κ3) is 53.4. The van der Waals surface area contributed by atoms with E-state index in [4.69, 9.17) is 14.2 Å². The molecule has 0 rings (SSSR count). The molecule has 0 fully saturated rings. The van der Waals surface area contributed by atoms with Crippen molar-refractivity contribution < 1.29 is 28.6 Å². The monoisotopic (exact) mass is 933 g/mol. The Morgan fingerprint density at radius 3 is 0.940 bits per heavy atom. The highest BCUT2D eigenvalue weighted by Crippen LogP contribution is 2.14. The van der Waals surface area contributed by atoms with Gasteiger partial charge < -0.3 is 14.2 Å². The lowest BCUT2D eigenvalue weighted by molar-refractivity contribution is -0.167. The van der Waals surface area contributed by atoms with Crippen LogP contribution in [-0.2, 0) is 28.6 Å². The quantitative estimate of drug-likeness (QED) is 0.0262. The summed E-state index contributed by atoms with van der Waals surface area (Å²) in [4.78, 5) is 38.1. The second-order valence-corrected chi connectivity index (χ2v) is 18.5. The molecule has 1 atom stereocenters. The average Bonchev–Trinajstić information content (AvgIpc) is 3.33. The van der Waals surface area contributed by atoms with Crippen LogP contribution >= 0.6 is 0 Å². The second-order valence-electron chi connectivity index (χ2n) is 18.5. The number of hydrogen-bond acceptors (Lipinski definition) is 6. The Balaban J connectivity index is 4.47. The molecule has 0 aliphatic rings. The molecule has 6 nitrogen and oxygen atoms in total. The van der Waals surface area contributed by atoms with E-state index in [0.717, 1.165) is 116 Å². The van der Waals surface area contributed by atoms with E-state index in [0.29, 0.717) is 19.3 Å². The van der Waals surface area contributed by atoms with Crippen molar-refractivity contribution in [3.63, 3.8) is 0 Å². The lowest BCUT2D eigenvalue weighted by Crippen LogP contribution is -2.30. The topological polar surface area (TPSA) is 78.9 Å². The molecule has 384 valence electrons. The minimum Gasteiger partial charge on any atom is -0.462 e. The highest BCUT2D eigenvalue weighted by molar-refractivity contribution is 5.71. The van der Waals surface area contributed by atoms with E-state index in [9.17, 15) is 14.4 Å². The Bertz CT molecular complexity index is 1300. The average molecular weight is 933 g/mol. The molecule has 0 aromatic rings. The van der Waals surface area contributed by atoms with Crippen molar-refractivity contribution in [2.45, 2.75) is 271 Å². The molecule has 1 unspecified atom stereocenters. The molecule has 0 amide bonds. The first kappa shape index (κ1) is 63.6. The minimum absolute atomic E-state index is 0.0947. The Kier molecular flexibility index (Phi) is 52.4. The van der Waals surface area contributed by atoms with Crippen LogP contribution in [0.3, 0.4) is 0 Å². The van der Waals surface area contributed by atoms with Gasteiger partial charge in [-0.05, 0) is 116 Å². The van der Waals surface area contributed by atoms with Crippen LogP contribution in [0, 0.1) is 0 Å². The molecule has 0 spiro atoms. The number of carbonyl (C=O) groups is 3. The fraction of sp³-hybridized carbons (Fsp3) is 0.721. The van der Waals surface area contributed by atoms with Gasteiger partial charge in [-0.3, -0.25) is 14.4 Å². The maximum absolute atomic E-state index is 12.8. The fourth-order valence-corrected chi connectivity index (χ4v) is 7.63. The zero-order valence-electron chi connectivity index (χ0n) is 43.9. The number of hydrogen-bond donors (Lipinski definition) is 0. The van der Waals surface area contributed by atoms with E-state index in [1.54, 1.807) is 0 Å². The van der Waals surface area contributed by atoms with Gasteiger partial charge in [-0.25, -0.2) is 0 Å². The summed E-state index contributed by atoms with van der Waals surface area (Å²) >= 11 is 0. The van der Waals surface area contributed by atoms with E-state index < -0.39 is 6.10 Å². The predicted molar refractivity (Wildman–Crippen MR) is 288 cm³/mol. The number of rotatable bonds is 50.